The predicted molar refractivity (Wildman–Crippen MR) is 55.1 cm³/mol. The molecule has 15 heavy (non-hydrogen) atoms. The molecule has 1 N–H and O–H groups in total. The molecule has 5 heteroatoms. The smallest absolute Gasteiger partial charge is 0.244 e. The molecule has 1 fully saturated rings. The zero-order chi connectivity index (χ0) is 11.6. The van der Waals surface area contributed by atoms with Crippen molar-refractivity contribution in [3.63, 3.8) is 0 Å². The Labute approximate surface area is 89.7 Å². The maximum atomic E-state index is 11.8. The van der Waals surface area contributed by atoms with Crippen LogP contribution in [0.5, 0.6) is 0 Å². The fourth-order valence-electron chi connectivity index (χ4n) is 1.69. The lowest BCUT2D eigenvalue weighted by Crippen LogP contribution is -2.46. The van der Waals surface area contributed by atoms with Crippen LogP contribution in [0.25, 0.3) is 0 Å². The molecule has 86 valence electrons. The Kier molecular flexibility index (Phi) is 3.68. The predicted octanol–water partition coefficient (Wildman–Crippen LogP) is -0.554. The molecule has 1 heterocycles. The largest absolute Gasteiger partial charge is 0.391 e. The van der Waals surface area contributed by atoms with Crippen molar-refractivity contribution >= 4 is 11.8 Å². The maximum Gasteiger partial charge on any atom is 0.244 e. The van der Waals surface area contributed by atoms with E-state index < -0.39 is 12.1 Å². The quantitative estimate of drug-likeness (QED) is 0.685. The van der Waals surface area contributed by atoms with Gasteiger partial charge in [0.25, 0.3) is 0 Å². The summed E-state index contributed by atoms with van der Waals surface area (Å²) in [5, 5.41) is 9.31. The summed E-state index contributed by atoms with van der Waals surface area (Å²) in [7, 11) is 1.70. The van der Waals surface area contributed by atoms with Crippen LogP contribution in [0.1, 0.15) is 20.3 Å². The number of aliphatic hydroxyl groups excluding tert-OH is 1. The van der Waals surface area contributed by atoms with Crippen LogP contribution in [-0.2, 0) is 9.59 Å². The lowest BCUT2D eigenvalue weighted by atomic mass is 10.2. The number of amides is 2. The van der Waals surface area contributed by atoms with E-state index in [9.17, 15) is 14.7 Å². The van der Waals surface area contributed by atoms with Crippen molar-refractivity contribution in [2.45, 2.75) is 32.4 Å². The molecule has 0 radical (unpaired) electrons. The summed E-state index contributed by atoms with van der Waals surface area (Å²) in [5.74, 6) is -0.229. The van der Waals surface area contributed by atoms with Gasteiger partial charge in [0.15, 0.2) is 0 Å². The van der Waals surface area contributed by atoms with Crippen molar-refractivity contribution in [2.24, 2.45) is 0 Å². The highest BCUT2D eigenvalue weighted by molar-refractivity contribution is 5.88. The van der Waals surface area contributed by atoms with Crippen LogP contribution in [-0.4, -0.2) is 59.0 Å². The van der Waals surface area contributed by atoms with Crippen LogP contribution in [0, 0.1) is 0 Å². The van der Waals surface area contributed by atoms with Gasteiger partial charge in [0, 0.05) is 20.1 Å². The second-order valence-corrected chi connectivity index (χ2v) is 3.93. The highest BCUT2D eigenvalue weighted by atomic mass is 16.3. The van der Waals surface area contributed by atoms with E-state index in [1.165, 1.54) is 4.90 Å². The Hall–Kier alpha value is -1.10. The van der Waals surface area contributed by atoms with Gasteiger partial charge < -0.3 is 14.9 Å². The third kappa shape index (κ3) is 2.47. The molecule has 2 unspecified atom stereocenters. The van der Waals surface area contributed by atoms with Gasteiger partial charge in [-0.15, -0.1) is 0 Å². The van der Waals surface area contributed by atoms with Gasteiger partial charge in [0.1, 0.15) is 6.04 Å². The van der Waals surface area contributed by atoms with E-state index >= 15 is 0 Å². The summed E-state index contributed by atoms with van der Waals surface area (Å²) in [4.78, 5) is 26.2. The number of carbonyl (C=O) groups excluding carboxylic acids is 2. The first-order valence-electron chi connectivity index (χ1n) is 5.19. The van der Waals surface area contributed by atoms with Crippen LogP contribution in [0.3, 0.4) is 0 Å². The number of carbonyl (C=O) groups is 2. The van der Waals surface area contributed by atoms with Crippen molar-refractivity contribution in [1.29, 1.82) is 0 Å². The molecule has 5 nitrogen and oxygen atoms in total. The van der Waals surface area contributed by atoms with E-state index in [0.29, 0.717) is 6.54 Å². The Morgan fingerprint density at radius 2 is 2.33 bits per heavy atom. The molecule has 0 bridgehead atoms. The van der Waals surface area contributed by atoms with Crippen molar-refractivity contribution in [3.8, 4) is 0 Å². The molecule has 0 aromatic heterocycles. The molecule has 0 aliphatic carbocycles. The SMILES string of the molecule is CCN(C)C(=O)C(C)N1CC(O)CC1=O. The summed E-state index contributed by atoms with van der Waals surface area (Å²) in [6.07, 6.45) is -0.493. The van der Waals surface area contributed by atoms with E-state index in [-0.39, 0.29) is 24.8 Å². The number of β-amino-alcohol motifs (C(OH)–C–C–N with tert-alkyl or cyclic N) is 1. The fourth-order valence-corrected chi connectivity index (χ4v) is 1.69. The molecular weight excluding hydrogens is 196 g/mol. The molecule has 1 aliphatic heterocycles. The summed E-state index contributed by atoms with van der Waals surface area (Å²) >= 11 is 0. The average molecular weight is 214 g/mol. The van der Waals surface area contributed by atoms with Crippen LogP contribution < -0.4 is 0 Å². The summed E-state index contributed by atoms with van der Waals surface area (Å²) in [5.41, 5.74) is 0. The highest BCUT2D eigenvalue weighted by Gasteiger charge is 2.35. The van der Waals surface area contributed by atoms with Crippen LogP contribution in [0.15, 0.2) is 0 Å². The number of aliphatic hydroxyl groups is 1. The number of hydrogen-bond donors (Lipinski definition) is 1. The first-order chi connectivity index (χ1) is 6.97. The number of likely N-dealkylation sites (N-methyl/N-ethyl adjacent to an activating group) is 1. The second-order valence-electron chi connectivity index (χ2n) is 3.93. The molecule has 1 rings (SSSR count). The van der Waals surface area contributed by atoms with E-state index in [0.717, 1.165) is 0 Å². The van der Waals surface area contributed by atoms with E-state index in [2.05, 4.69) is 0 Å². The lowest BCUT2D eigenvalue weighted by molar-refractivity contribution is -0.141. The van der Waals surface area contributed by atoms with Crippen LogP contribution >= 0.6 is 0 Å². The van der Waals surface area contributed by atoms with Crippen molar-refractivity contribution in [3.05, 3.63) is 0 Å². The fraction of sp³-hybridized carbons (Fsp3) is 0.800. The Morgan fingerprint density at radius 1 is 1.73 bits per heavy atom. The minimum atomic E-state index is -0.625. The normalized spacial score (nSPS) is 23.1. The molecule has 0 spiro atoms. The van der Waals surface area contributed by atoms with Crippen LogP contribution in [0.2, 0.25) is 0 Å². The minimum absolute atomic E-state index is 0.0834. The summed E-state index contributed by atoms with van der Waals surface area (Å²) < 4.78 is 0. The Balaban J connectivity index is 2.64. The second kappa shape index (κ2) is 4.61. The lowest BCUT2D eigenvalue weighted by Gasteiger charge is -2.27. The van der Waals surface area contributed by atoms with Gasteiger partial charge in [-0.3, -0.25) is 9.59 Å². The third-order valence-electron chi connectivity index (χ3n) is 2.81. The van der Waals surface area contributed by atoms with Crippen LogP contribution in [0.4, 0.5) is 0 Å². The van der Waals surface area contributed by atoms with Crippen molar-refractivity contribution in [2.75, 3.05) is 20.1 Å². The number of likely N-dealkylation sites (tertiary alicyclic amines) is 1. The van der Waals surface area contributed by atoms with Gasteiger partial charge in [-0.1, -0.05) is 0 Å². The van der Waals surface area contributed by atoms with Gasteiger partial charge in [-0.2, -0.15) is 0 Å². The zero-order valence-electron chi connectivity index (χ0n) is 9.43. The molecule has 1 saturated heterocycles. The number of nitrogens with zero attached hydrogens (tertiary/aromatic N) is 2. The molecule has 2 amide bonds. The van der Waals surface area contributed by atoms with Crippen molar-refractivity contribution < 1.29 is 14.7 Å². The summed E-state index contributed by atoms with van der Waals surface area (Å²) in [6, 6.07) is -0.473. The van der Waals surface area contributed by atoms with Gasteiger partial charge in [0.2, 0.25) is 11.8 Å². The molecule has 0 aromatic rings. The van der Waals surface area contributed by atoms with Gasteiger partial charge in [-0.25, -0.2) is 0 Å². The molecule has 0 aromatic carbocycles. The van der Waals surface area contributed by atoms with Gasteiger partial charge in [0.05, 0.1) is 12.5 Å². The third-order valence-corrected chi connectivity index (χ3v) is 2.81. The first-order valence-corrected chi connectivity index (χ1v) is 5.19. The van der Waals surface area contributed by atoms with E-state index in [4.69, 9.17) is 0 Å². The standard InChI is InChI=1S/C10H18N2O3/c1-4-11(3)10(15)7(2)12-6-8(13)5-9(12)14/h7-8,13H,4-6H2,1-3H3. The average Bonchev–Trinajstić information content (AvgIpc) is 2.54. The highest BCUT2D eigenvalue weighted by Crippen LogP contribution is 2.15. The summed E-state index contributed by atoms with van der Waals surface area (Å²) in [6.45, 7) is 4.47. The van der Waals surface area contributed by atoms with Crippen molar-refractivity contribution in [1.82, 2.24) is 9.80 Å². The van der Waals surface area contributed by atoms with Gasteiger partial charge >= 0.3 is 0 Å². The molecule has 1 aliphatic rings. The van der Waals surface area contributed by atoms with E-state index in [1.807, 2.05) is 6.92 Å². The maximum absolute atomic E-state index is 11.8. The first kappa shape index (κ1) is 12.0. The Bertz CT molecular complexity index is 267. The van der Waals surface area contributed by atoms with Gasteiger partial charge in [-0.05, 0) is 13.8 Å². The monoisotopic (exact) mass is 214 g/mol. The minimum Gasteiger partial charge on any atom is -0.391 e. The molecule has 2 atom stereocenters. The molecule has 0 saturated carbocycles. The molecular formula is C10H18N2O3. The number of hydrogen-bond acceptors (Lipinski definition) is 3. The number of rotatable bonds is 3. The zero-order valence-corrected chi connectivity index (χ0v) is 9.43. The topological polar surface area (TPSA) is 60.9 Å². The van der Waals surface area contributed by atoms with E-state index in [1.54, 1.807) is 18.9 Å². The Morgan fingerprint density at radius 3 is 2.73 bits per heavy atom.